The fraction of sp³-hybridized carbons (Fsp3) is 0.857. The molecule has 0 bridgehead atoms. The minimum absolute atomic E-state index is 0.563. The Hall–Kier alpha value is -0.340. The monoisotopic (exact) mass is 226 g/mol. The van der Waals surface area contributed by atoms with E-state index in [0.29, 0.717) is 18.0 Å². The molecular weight excluding hydrogens is 196 g/mol. The van der Waals surface area contributed by atoms with Crippen LogP contribution in [0.3, 0.4) is 0 Å². The van der Waals surface area contributed by atoms with Crippen molar-refractivity contribution < 1.29 is 0 Å². The minimum Gasteiger partial charge on any atom is -0.313 e. The minimum atomic E-state index is 0.563. The molecule has 0 spiro atoms. The largest absolute Gasteiger partial charge is 0.313 e. The second-order valence-electron chi connectivity index (χ2n) is 5.16. The third kappa shape index (κ3) is 6.29. The molecule has 0 radical (unpaired) electrons. The van der Waals surface area contributed by atoms with E-state index in [1.165, 1.54) is 6.42 Å². The van der Waals surface area contributed by atoms with Gasteiger partial charge in [0.2, 0.25) is 0 Å². The van der Waals surface area contributed by atoms with Crippen molar-refractivity contribution in [2.75, 3.05) is 19.6 Å². The van der Waals surface area contributed by atoms with Gasteiger partial charge in [-0.05, 0) is 18.9 Å². The Labute approximate surface area is 102 Å². The first kappa shape index (κ1) is 15.7. The van der Waals surface area contributed by atoms with E-state index in [4.69, 9.17) is 0 Å². The van der Waals surface area contributed by atoms with Gasteiger partial charge in [0.25, 0.3) is 0 Å². The van der Waals surface area contributed by atoms with Crippen molar-refractivity contribution in [3.8, 4) is 0 Å². The van der Waals surface area contributed by atoms with Crippen molar-refractivity contribution in [1.82, 2.24) is 10.2 Å². The van der Waals surface area contributed by atoms with E-state index >= 15 is 0 Å². The average molecular weight is 226 g/mol. The van der Waals surface area contributed by atoms with Crippen LogP contribution >= 0.6 is 0 Å². The summed E-state index contributed by atoms with van der Waals surface area (Å²) < 4.78 is 0. The summed E-state index contributed by atoms with van der Waals surface area (Å²) in [7, 11) is 0. The lowest BCUT2D eigenvalue weighted by Crippen LogP contribution is -2.47. The molecule has 0 fully saturated rings. The van der Waals surface area contributed by atoms with Gasteiger partial charge in [-0.25, -0.2) is 0 Å². The SMILES string of the molecule is C=CCN(CCC)C(CNC(C)C)C(C)C. The molecule has 0 aliphatic rings. The second kappa shape index (κ2) is 8.77. The Morgan fingerprint density at radius 3 is 2.25 bits per heavy atom. The lowest BCUT2D eigenvalue weighted by atomic mass is 10.0. The maximum Gasteiger partial charge on any atom is 0.0246 e. The van der Waals surface area contributed by atoms with Gasteiger partial charge >= 0.3 is 0 Å². The summed E-state index contributed by atoms with van der Waals surface area (Å²) in [5.41, 5.74) is 0. The van der Waals surface area contributed by atoms with Crippen molar-refractivity contribution in [2.24, 2.45) is 5.92 Å². The Balaban J connectivity index is 4.37. The van der Waals surface area contributed by atoms with Crippen molar-refractivity contribution in [1.29, 1.82) is 0 Å². The lowest BCUT2D eigenvalue weighted by Gasteiger charge is -2.34. The smallest absolute Gasteiger partial charge is 0.0246 e. The number of rotatable bonds is 9. The molecule has 2 nitrogen and oxygen atoms in total. The molecule has 0 heterocycles. The summed E-state index contributed by atoms with van der Waals surface area (Å²) in [4.78, 5) is 2.53. The Kier molecular flexibility index (Phi) is 8.58. The van der Waals surface area contributed by atoms with Gasteiger partial charge in [-0.3, -0.25) is 4.90 Å². The standard InChI is InChI=1S/C14H30N2/c1-7-9-16(10-8-2)14(12(3)4)11-15-13(5)6/h7,12-15H,1,8-11H2,2-6H3. The maximum absolute atomic E-state index is 3.86. The second-order valence-corrected chi connectivity index (χ2v) is 5.16. The molecular formula is C14H30N2. The fourth-order valence-corrected chi connectivity index (χ4v) is 1.99. The van der Waals surface area contributed by atoms with E-state index < -0.39 is 0 Å². The third-order valence-electron chi connectivity index (χ3n) is 2.85. The topological polar surface area (TPSA) is 15.3 Å². The molecule has 0 amide bonds. The van der Waals surface area contributed by atoms with Gasteiger partial charge in [0.1, 0.15) is 0 Å². The Morgan fingerprint density at radius 1 is 1.25 bits per heavy atom. The molecule has 1 N–H and O–H groups in total. The zero-order valence-corrected chi connectivity index (χ0v) is 11.8. The lowest BCUT2D eigenvalue weighted by molar-refractivity contribution is 0.165. The molecule has 1 unspecified atom stereocenters. The Bertz CT molecular complexity index is 176. The van der Waals surface area contributed by atoms with Crippen molar-refractivity contribution in [3.05, 3.63) is 12.7 Å². The molecule has 0 aliphatic carbocycles. The fourth-order valence-electron chi connectivity index (χ4n) is 1.99. The first-order valence-electron chi connectivity index (χ1n) is 6.61. The van der Waals surface area contributed by atoms with Gasteiger partial charge in [0.15, 0.2) is 0 Å². The zero-order valence-electron chi connectivity index (χ0n) is 11.8. The molecule has 0 rings (SSSR count). The van der Waals surface area contributed by atoms with Crippen LogP contribution in [0.4, 0.5) is 0 Å². The van der Waals surface area contributed by atoms with Crippen LogP contribution < -0.4 is 5.32 Å². The molecule has 0 aromatic heterocycles. The van der Waals surface area contributed by atoms with Gasteiger partial charge in [-0.15, -0.1) is 6.58 Å². The summed E-state index contributed by atoms with van der Waals surface area (Å²) in [6, 6.07) is 1.17. The molecule has 0 aromatic carbocycles. The molecule has 16 heavy (non-hydrogen) atoms. The van der Waals surface area contributed by atoms with E-state index in [1.807, 2.05) is 6.08 Å². The quantitative estimate of drug-likeness (QED) is 0.608. The first-order valence-corrected chi connectivity index (χ1v) is 6.61. The van der Waals surface area contributed by atoms with Crippen LogP contribution in [0.5, 0.6) is 0 Å². The predicted molar refractivity (Wildman–Crippen MR) is 73.8 cm³/mol. The van der Waals surface area contributed by atoms with Crippen molar-refractivity contribution in [2.45, 2.75) is 53.1 Å². The highest BCUT2D eigenvalue weighted by Crippen LogP contribution is 2.11. The van der Waals surface area contributed by atoms with Crippen LogP contribution in [0.25, 0.3) is 0 Å². The van der Waals surface area contributed by atoms with E-state index in [1.54, 1.807) is 0 Å². The highest BCUT2D eigenvalue weighted by atomic mass is 15.2. The number of nitrogens with one attached hydrogen (secondary N) is 1. The van der Waals surface area contributed by atoms with E-state index in [0.717, 1.165) is 19.6 Å². The van der Waals surface area contributed by atoms with Gasteiger partial charge in [-0.2, -0.15) is 0 Å². The summed E-state index contributed by atoms with van der Waals surface area (Å²) >= 11 is 0. The highest BCUT2D eigenvalue weighted by Gasteiger charge is 2.20. The molecule has 0 aromatic rings. The van der Waals surface area contributed by atoms with E-state index in [-0.39, 0.29) is 0 Å². The van der Waals surface area contributed by atoms with Crippen LogP contribution in [-0.4, -0.2) is 36.6 Å². The Morgan fingerprint density at radius 2 is 1.88 bits per heavy atom. The molecule has 1 atom stereocenters. The molecule has 0 saturated carbocycles. The maximum atomic E-state index is 3.86. The van der Waals surface area contributed by atoms with Gasteiger partial charge in [-0.1, -0.05) is 40.7 Å². The van der Waals surface area contributed by atoms with Crippen molar-refractivity contribution >= 4 is 0 Å². The average Bonchev–Trinajstić information content (AvgIpc) is 2.17. The van der Waals surface area contributed by atoms with Gasteiger partial charge < -0.3 is 5.32 Å². The van der Waals surface area contributed by atoms with Crippen LogP contribution in [0, 0.1) is 5.92 Å². The van der Waals surface area contributed by atoms with E-state index in [2.05, 4.69) is 51.4 Å². The normalized spacial score (nSPS) is 13.8. The molecule has 0 saturated heterocycles. The third-order valence-corrected chi connectivity index (χ3v) is 2.85. The summed E-state index contributed by atoms with van der Waals surface area (Å²) in [5, 5.41) is 3.55. The van der Waals surface area contributed by atoms with E-state index in [9.17, 15) is 0 Å². The number of nitrogens with zero attached hydrogens (tertiary/aromatic N) is 1. The van der Waals surface area contributed by atoms with Gasteiger partial charge in [0.05, 0.1) is 0 Å². The van der Waals surface area contributed by atoms with Crippen molar-refractivity contribution in [3.63, 3.8) is 0 Å². The molecule has 2 heteroatoms. The first-order chi connectivity index (χ1) is 7.52. The zero-order chi connectivity index (χ0) is 12.6. The summed E-state index contributed by atoms with van der Waals surface area (Å²) in [6.45, 7) is 18.3. The predicted octanol–water partition coefficient (Wildman–Crippen LogP) is 2.91. The molecule has 96 valence electrons. The van der Waals surface area contributed by atoms with Crippen LogP contribution in [0.15, 0.2) is 12.7 Å². The molecule has 0 aliphatic heterocycles. The number of hydrogen-bond donors (Lipinski definition) is 1. The van der Waals surface area contributed by atoms with Crippen LogP contribution in [0.2, 0.25) is 0 Å². The summed E-state index contributed by atoms with van der Waals surface area (Å²) in [5.74, 6) is 0.678. The van der Waals surface area contributed by atoms with Crippen LogP contribution in [0.1, 0.15) is 41.0 Å². The number of hydrogen-bond acceptors (Lipinski definition) is 2. The summed E-state index contributed by atoms with van der Waals surface area (Å²) in [6.07, 6.45) is 3.22. The van der Waals surface area contributed by atoms with Crippen LogP contribution in [-0.2, 0) is 0 Å². The van der Waals surface area contributed by atoms with Gasteiger partial charge in [0, 0.05) is 25.2 Å². The highest BCUT2D eigenvalue weighted by molar-refractivity contribution is 4.83.